The first kappa shape index (κ1) is 20.8. The zero-order valence-corrected chi connectivity index (χ0v) is 17.3. The first-order chi connectivity index (χ1) is 13.3. The van der Waals surface area contributed by atoms with Crippen LogP contribution >= 0.6 is 11.6 Å². The SMILES string of the molecule is CC1CN(S(=O)(=O)c2cc(C(=O)NCc3ccccc3)ccc2Cl)CC(C)O1. The molecule has 1 amide bonds. The van der Waals surface area contributed by atoms with Crippen LogP contribution in [0.25, 0.3) is 0 Å². The minimum Gasteiger partial charge on any atom is -0.373 e. The number of halogens is 1. The molecule has 1 aliphatic heterocycles. The number of benzene rings is 2. The third kappa shape index (κ3) is 4.72. The van der Waals surface area contributed by atoms with Crippen LogP contribution in [0.4, 0.5) is 0 Å². The fraction of sp³-hybridized carbons (Fsp3) is 0.350. The van der Waals surface area contributed by atoms with E-state index in [-0.39, 0.29) is 46.7 Å². The average Bonchev–Trinajstić information content (AvgIpc) is 2.66. The monoisotopic (exact) mass is 422 g/mol. The Kier molecular flexibility index (Phi) is 6.40. The molecule has 0 aromatic heterocycles. The van der Waals surface area contributed by atoms with E-state index in [1.165, 1.54) is 22.5 Å². The smallest absolute Gasteiger partial charge is 0.251 e. The lowest BCUT2D eigenvalue weighted by Crippen LogP contribution is -2.48. The standard InChI is InChI=1S/C20H23ClN2O4S/c1-14-12-23(13-15(2)27-14)28(25,26)19-10-17(8-9-18(19)21)20(24)22-11-16-6-4-3-5-7-16/h3-10,14-15H,11-13H2,1-2H3,(H,22,24). The van der Waals surface area contributed by atoms with Crippen LogP contribution in [0.5, 0.6) is 0 Å². The highest BCUT2D eigenvalue weighted by molar-refractivity contribution is 7.89. The summed E-state index contributed by atoms with van der Waals surface area (Å²) in [4.78, 5) is 12.4. The third-order valence-corrected chi connectivity index (χ3v) is 6.81. The summed E-state index contributed by atoms with van der Waals surface area (Å²) in [6.07, 6.45) is -0.427. The topological polar surface area (TPSA) is 75.7 Å². The van der Waals surface area contributed by atoms with Crippen LogP contribution in [0.1, 0.15) is 29.8 Å². The molecule has 3 rings (SSSR count). The number of ether oxygens (including phenoxy) is 1. The minimum absolute atomic E-state index is 0.0668. The van der Waals surface area contributed by atoms with E-state index in [1.807, 2.05) is 44.2 Å². The summed E-state index contributed by atoms with van der Waals surface area (Å²) in [5.41, 5.74) is 1.20. The number of nitrogens with zero attached hydrogens (tertiary/aromatic N) is 1. The first-order valence-electron chi connectivity index (χ1n) is 9.04. The number of amides is 1. The number of sulfonamides is 1. The Balaban J connectivity index is 1.81. The summed E-state index contributed by atoms with van der Waals surface area (Å²) < 4.78 is 33.2. The Morgan fingerprint density at radius 2 is 1.79 bits per heavy atom. The second-order valence-electron chi connectivity index (χ2n) is 6.89. The van der Waals surface area contributed by atoms with Crippen LogP contribution in [-0.4, -0.2) is 43.9 Å². The molecule has 2 aromatic rings. The van der Waals surface area contributed by atoms with Gasteiger partial charge in [0.25, 0.3) is 5.91 Å². The fourth-order valence-corrected chi connectivity index (χ4v) is 5.28. The summed E-state index contributed by atoms with van der Waals surface area (Å²) >= 11 is 6.18. The molecule has 2 unspecified atom stereocenters. The van der Waals surface area contributed by atoms with Crippen LogP contribution in [0, 0.1) is 0 Å². The van der Waals surface area contributed by atoms with Gasteiger partial charge in [-0.05, 0) is 37.6 Å². The predicted molar refractivity (Wildman–Crippen MR) is 108 cm³/mol. The van der Waals surface area contributed by atoms with Gasteiger partial charge in [0, 0.05) is 25.2 Å². The molecule has 0 bridgehead atoms. The maximum absolute atomic E-state index is 13.1. The van der Waals surface area contributed by atoms with Crippen LogP contribution in [0.15, 0.2) is 53.4 Å². The Labute approximate surface area is 170 Å². The molecule has 0 aliphatic carbocycles. The molecule has 0 saturated carbocycles. The Hall–Kier alpha value is -1.93. The van der Waals surface area contributed by atoms with Crippen molar-refractivity contribution in [3.05, 3.63) is 64.7 Å². The van der Waals surface area contributed by atoms with Gasteiger partial charge >= 0.3 is 0 Å². The number of hydrogen-bond donors (Lipinski definition) is 1. The van der Waals surface area contributed by atoms with Crippen molar-refractivity contribution in [1.29, 1.82) is 0 Å². The van der Waals surface area contributed by atoms with E-state index >= 15 is 0 Å². The maximum atomic E-state index is 13.1. The van der Waals surface area contributed by atoms with Crippen LogP contribution < -0.4 is 5.32 Å². The first-order valence-corrected chi connectivity index (χ1v) is 10.9. The molecule has 0 spiro atoms. The number of rotatable bonds is 5. The van der Waals surface area contributed by atoms with Gasteiger partial charge in [0.05, 0.1) is 17.2 Å². The normalized spacial score (nSPS) is 20.7. The molecule has 28 heavy (non-hydrogen) atoms. The predicted octanol–water partition coefficient (Wildman–Crippen LogP) is 3.07. The summed E-state index contributed by atoms with van der Waals surface area (Å²) in [5.74, 6) is -0.360. The second kappa shape index (κ2) is 8.61. The van der Waals surface area contributed by atoms with E-state index in [1.54, 1.807) is 0 Å². The largest absolute Gasteiger partial charge is 0.373 e. The van der Waals surface area contributed by atoms with Gasteiger partial charge in [-0.25, -0.2) is 8.42 Å². The van der Waals surface area contributed by atoms with Crippen LogP contribution in [0.3, 0.4) is 0 Å². The van der Waals surface area contributed by atoms with Crippen molar-refractivity contribution in [1.82, 2.24) is 9.62 Å². The van der Waals surface area contributed by atoms with E-state index < -0.39 is 10.0 Å². The molecule has 1 N–H and O–H groups in total. The zero-order chi connectivity index (χ0) is 20.3. The van der Waals surface area contributed by atoms with Gasteiger partial charge in [-0.3, -0.25) is 4.79 Å². The van der Waals surface area contributed by atoms with Crippen LogP contribution in [0.2, 0.25) is 5.02 Å². The van der Waals surface area contributed by atoms with Crippen molar-refractivity contribution in [2.45, 2.75) is 37.5 Å². The van der Waals surface area contributed by atoms with Crippen molar-refractivity contribution in [2.24, 2.45) is 0 Å². The van der Waals surface area contributed by atoms with E-state index in [0.29, 0.717) is 6.54 Å². The maximum Gasteiger partial charge on any atom is 0.251 e. The highest BCUT2D eigenvalue weighted by Crippen LogP contribution is 2.28. The summed E-state index contributed by atoms with van der Waals surface area (Å²) in [5, 5.41) is 2.89. The van der Waals surface area contributed by atoms with Crippen LogP contribution in [-0.2, 0) is 21.3 Å². The van der Waals surface area contributed by atoms with Crippen molar-refractivity contribution in [3.8, 4) is 0 Å². The fourth-order valence-electron chi connectivity index (χ4n) is 3.19. The molecule has 2 atom stereocenters. The van der Waals surface area contributed by atoms with Gasteiger partial charge in [0.15, 0.2) is 0 Å². The average molecular weight is 423 g/mol. The number of carbonyl (C=O) groups excluding carboxylic acids is 1. The van der Waals surface area contributed by atoms with Gasteiger partial charge in [-0.1, -0.05) is 41.9 Å². The van der Waals surface area contributed by atoms with Gasteiger partial charge in [-0.15, -0.1) is 0 Å². The molecule has 1 fully saturated rings. The van der Waals surface area contributed by atoms with Gasteiger partial charge < -0.3 is 10.1 Å². The van der Waals surface area contributed by atoms with E-state index in [2.05, 4.69) is 5.32 Å². The van der Waals surface area contributed by atoms with E-state index in [4.69, 9.17) is 16.3 Å². The minimum atomic E-state index is -3.84. The highest BCUT2D eigenvalue weighted by atomic mass is 35.5. The van der Waals surface area contributed by atoms with Crippen molar-refractivity contribution in [2.75, 3.05) is 13.1 Å². The number of morpholine rings is 1. The van der Waals surface area contributed by atoms with Gasteiger partial charge in [0.2, 0.25) is 10.0 Å². The van der Waals surface area contributed by atoms with Gasteiger partial charge in [0.1, 0.15) is 4.90 Å². The molecule has 150 valence electrons. The van der Waals surface area contributed by atoms with Gasteiger partial charge in [-0.2, -0.15) is 4.31 Å². The molecule has 2 aromatic carbocycles. The molecule has 8 heteroatoms. The van der Waals surface area contributed by atoms with E-state index in [9.17, 15) is 13.2 Å². The van der Waals surface area contributed by atoms with Crippen molar-refractivity contribution < 1.29 is 17.9 Å². The lowest BCUT2D eigenvalue weighted by Gasteiger charge is -2.34. The number of hydrogen-bond acceptors (Lipinski definition) is 4. The second-order valence-corrected chi connectivity index (χ2v) is 9.21. The number of carbonyl (C=O) groups is 1. The molecule has 6 nitrogen and oxygen atoms in total. The third-order valence-electron chi connectivity index (χ3n) is 4.49. The van der Waals surface area contributed by atoms with Crippen molar-refractivity contribution in [3.63, 3.8) is 0 Å². The Morgan fingerprint density at radius 1 is 1.14 bits per heavy atom. The highest BCUT2D eigenvalue weighted by Gasteiger charge is 2.33. The molecule has 0 radical (unpaired) electrons. The quantitative estimate of drug-likeness (QED) is 0.803. The van der Waals surface area contributed by atoms with E-state index in [0.717, 1.165) is 5.56 Å². The van der Waals surface area contributed by atoms with Crippen molar-refractivity contribution >= 4 is 27.5 Å². The molecule has 1 heterocycles. The molecular weight excluding hydrogens is 400 g/mol. The lowest BCUT2D eigenvalue weighted by atomic mass is 10.2. The Bertz CT molecular complexity index is 940. The summed E-state index contributed by atoms with van der Waals surface area (Å²) in [7, 11) is -3.84. The molecule has 1 saturated heterocycles. The molecule has 1 aliphatic rings. The number of nitrogens with one attached hydrogen (secondary N) is 1. The summed E-state index contributed by atoms with van der Waals surface area (Å²) in [6.45, 7) is 4.49. The Morgan fingerprint density at radius 3 is 2.43 bits per heavy atom. The summed E-state index contributed by atoms with van der Waals surface area (Å²) in [6, 6.07) is 13.8. The lowest BCUT2D eigenvalue weighted by molar-refractivity contribution is -0.0440. The zero-order valence-electron chi connectivity index (χ0n) is 15.8. The molecular formula is C20H23ClN2O4S.